The number of aromatic nitrogens is 2. The lowest BCUT2D eigenvalue weighted by atomic mass is 9.93. The highest BCUT2D eigenvalue weighted by molar-refractivity contribution is 5.21. The molecule has 0 aliphatic heterocycles. The van der Waals surface area contributed by atoms with Crippen LogP contribution < -0.4 is 5.73 Å². The maximum Gasteiger partial charge on any atom is 0.226 e. The van der Waals surface area contributed by atoms with Gasteiger partial charge in [-0.05, 0) is 12.0 Å². The number of rotatable bonds is 5. The quantitative estimate of drug-likeness (QED) is 0.879. The molecule has 0 aliphatic rings. The van der Waals surface area contributed by atoms with Gasteiger partial charge >= 0.3 is 0 Å². The fourth-order valence-electron chi connectivity index (χ4n) is 1.91. The summed E-state index contributed by atoms with van der Waals surface area (Å²) in [6, 6.07) is 9.92. The van der Waals surface area contributed by atoms with Crippen molar-refractivity contribution >= 4 is 0 Å². The van der Waals surface area contributed by atoms with E-state index in [0.717, 1.165) is 12.8 Å². The van der Waals surface area contributed by atoms with Gasteiger partial charge in [0.05, 0.1) is 6.04 Å². The van der Waals surface area contributed by atoms with Gasteiger partial charge in [-0.25, -0.2) is 0 Å². The van der Waals surface area contributed by atoms with E-state index in [2.05, 4.69) is 36.1 Å². The van der Waals surface area contributed by atoms with Gasteiger partial charge in [-0.15, -0.1) is 0 Å². The van der Waals surface area contributed by atoms with Crippen LogP contribution in [0.25, 0.3) is 0 Å². The molecule has 2 unspecified atom stereocenters. The largest absolute Gasteiger partial charge is 0.339 e. The second-order valence-electron chi connectivity index (χ2n) is 4.52. The van der Waals surface area contributed by atoms with E-state index < -0.39 is 0 Å². The summed E-state index contributed by atoms with van der Waals surface area (Å²) in [4.78, 5) is 4.34. The fraction of sp³-hybridized carbons (Fsp3) is 0.429. The van der Waals surface area contributed by atoms with Crippen LogP contribution in [0.4, 0.5) is 0 Å². The summed E-state index contributed by atoms with van der Waals surface area (Å²) < 4.78 is 5.17. The molecule has 1 heterocycles. The highest BCUT2D eigenvalue weighted by Crippen LogP contribution is 2.26. The molecule has 0 saturated heterocycles. The molecule has 0 radical (unpaired) electrons. The molecule has 1 aromatic heterocycles. The molecule has 18 heavy (non-hydrogen) atoms. The smallest absolute Gasteiger partial charge is 0.226 e. The van der Waals surface area contributed by atoms with Crippen molar-refractivity contribution in [2.75, 3.05) is 0 Å². The number of nitrogens with zero attached hydrogens (tertiary/aromatic N) is 2. The lowest BCUT2D eigenvalue weighted by molar-refractivity contribution is 0.366. The molecule has 0 saturated carbocycles. The Bertz CT molecular complexity index is 481. The maximum atomic E-state index is 6.20. The van der Waals surface area contributed by atoms with E-state index in [1.165, 1.54) is 5.56 Å². The SMILES string of the molecule is CCCc1nc(C(N)C(C)c2ccccc2)no1. The minimum Gasteiger partial charge on any atom is -0.339 e. The van der Waals surface area contributed by atoms with Crippen molar-refractivity contribution in [2.45, 2.75) is 38.6 Å². The number of hydrogen-bond donors (Lipinski definition) is 1. The third-order valence-electron chi connectivity index (χ3n) is 3.11. The molecular weight excluding hydrogens is 226 g/mol. The first-order chi connectivity index (χ1) is 8.72. The third kappa shape index (κ3) is 2.76. The van der Waals surface area contributed by atoms with E-state index in [-0.39, 0.29) is 12.0 Å². The van der Waals surface area contributed by atoms with Gasteiger partial charge in [0.2, 0.25) is 5.89 Å². The first-order valence-electron chi connectivity index (χ1n) is 6.35. The first-order valence-corrected chi connectivity index (χ1v) is 6.35. The summed E-state index contributed by atoms with van der Waals surface area (Å²) in [6.45, 7) is 4.16. The zero-order valence-electron chi connectivity index (χ0n) is 10.8. The van der Waals surface area contributed by atoms with Crippen LogP contribution in [0, 0.1) is 0 Å². The Morgan fingerprint density at radius 1 is 1.28 bits per heavy atom. The normalized spacial score (nSPS) is 14.4. The molecule has 0 bridgehead atoms. The Balaban J connectivity index is 2.12. The monoisotopic (exact) mass is 245 g/mol. The molecule has 0 fully saturated rings. The van der Waals surface area contributed by atoms with Crippen LogP contribution in [0.2, 0.25) is 0 Å². The van der Waals surface area contributed by atoms with Gasteiger partial charge in [-0.2, -0.15) is 4.98 Å². The van der Waals surface area contributed by atoms with Crippen molar-refractivity contribution in [2.24, 2.45) is 5.73 Å². The van der Waals surface area contributed by atoms with Crippen molar-refractivity contribution in [1.82, 2.24) is 10.1 Å². The fourth-order valence-corrected chi connectivity index (χ4v) is 1.91. The maximum absolute atomic E-state index is 6.20. The molecule has 2 N–H and O–H groups in total. The summed E-state index contributed by atoms with van der Waals surface area (Å²) in [5.41, 5.74) is 7.38. The van der Waals surface area contributed by atoms with Crippen molar-refractivity contribution < 1.29 is 4.52 Å². The minimum atomic E-state index is -0.234. The van der Waals surface area contributed by atoms with Crippen molar-refractivity contribution in [3.8, 4) is 0 Å². The Hall–Kier alpha value is -1.68. The average molecular weight is 245 g/mol. The van der Waals surface area contributed by atoms with E-state index in [0.29, 0.717) is 11.7 Å². The van der Waals surface area contributed by atoms with Crippen LogP contribution in [0.15, 0.2) is 34.9 Å². The van der Waals surface area contributed by atoms with E-state index in [9.17, 15) is 0 Å². The van der Waals surface area contributed by atoms with Crippen molar-refractivity contribution in [1.29, 1.82) is 0 Å². The third-order valence-corrected chi connectivity index (χ3v) is 3.11. The average Bonchev–Trinajstić information content (AvgIpc) is 2.87. The Labute approximate surface area is 107 Å². The number of aryl methyl sites for hydroxylation is 1. The minimum absolute atomic E-state index is 0.165. The molecule has 2 rings (SSSR count). The van der Waals surface area contributed by atoms with E-state index in [4.69, 9.17) is 10.3 Å². The van der Waals surface area contributed by atoms with Crippen LogP contribution in [0.3, 0.4) is 0 Å². The Kier molecular flexibility index (Phi) is 4.10. The zero-order chi connectivity index (χ0) is 13.0. The van der Waals surface area contributed by atoms with Gasteiger partial charge < -0.3 is 10.3 Å². The summed E-state index contributed by atoms with van der Waals surface area (Å²) in [5, 5.41) is 3.97. The Morgan fingerprint density at radius 2 is 2.00 bits per heavy atom. The van der Waals surface area contributed by atoms with Gasteiger partial charge in [0.1, 0.15) is 0 Å². The molecule has 4 heteroatoms. The van der Waals surface area contributed by atoms with Crippen molar-refractivity contribution in [3.63, 3.8) is 0 Å². The lowest BCUT2D eigenvalue weighted by Gasteiger charge is -2.16. The standard InChI is InChI=1S/C14H19N3O/c1-3-7-12-16-14(17-18-12)13(15)10(2)11-8-5-4-6-9-11/h4-6,8-10,13H,3,7,15H2,1-2H3. The lowest BCUT2D eigenvalue weighted by Crippen LogP contribution is -2.19. The van der Waals surface area contributed by atoms with E-state index in [1.807, 2.05) is 18.2 Å². The van der Waals surface area contributed by atoms with Crippen molar-refractivity contribution in [3.05, 3.63) is 47.6 Å². The molecule has 0 amide bonds. The second-order valence-corrected chi connectivity index (χ2v) is 4.52. The van der Waals surface area contributed by atoms with Gasteiger partial charge in [-0.3, -0.25) is 0 Å². The summed E-state index contributed by atoms with van der Waals surface area (Å²) in [6.07, 6.45) is 1.80. The highest BCUT2D eigenvalue weighted by Gasteiger charge is 2.21. The molecule has 96 valence electrons. The van der Waals surface area contributed by atoms with Gasteiger partial charge in [0, 0.05) is 12.3 Å². The van der Waals surface area contributed by atoms with Crippen LogP contribution in [0.1, 0.15) is 49.5 Å². The van der Waals surface area contributed by atoms with Gasteiger partial charge in [-0.1, -0.05) is 49.3 Å². The van der Waals surface area contributed by atoms with E-state index >= 15 is 0 Å². The molecule has 4 nitrogen and oxygen atoms in total. The number of nitrogens with two attached hydrogens (primary N) is 1. The predicted octanol–water partition coefficient (Wildman–Crippen LogP) is 2.83. The van der Waals surface area contributed by atoms with Crippen LogP contribution in [-0.2, 0) is 6.42 Å². The van der Waals surface area contributed by atoms with Gasteiger partial charge in [0.25, 0.3) is 0 Å². The Morgan fingerprint density at radius 3 is 2.67 bits per heavy atom. The molecule has 2 atom stereocenters. The topological polar surface area (TPSA) is 64.9 Å². The summed E-state index contributed by atoms with van der Waals surface area (Å²) in [7, 11) is 0. The first kappa shape index (κ1) is 12.8. The predicted molar refractivity (Wildman–Crippen MR) is 70.1 cm³/mol. The summed E-state index contributed by atoms with van der Waals surface area (Å²) in [5.74, 6) is 1.43. The molecule has 0 spiro atoms. The molecule has 2 aromatic rings. The van der Waals surface area contributed by atoms with Crippen LogP contribution >= 0.6 is 0 Å². The number of hydrogen-bond acceptors (Lipinski definition) is 4. The molecular formula is C14H19N3O. The summed E-state index contributed by atoms with van der Waals surface area (Å²) >= 11 is 0. The van der Waals surface area contributed by atoms with Crippen LogP contribution in [-0.4, -0.2) is 10.1 Å². The van der Waals surface area contributed by atoms with E-state index in [1.54, 1.807) is 0 Å². The molecule has 1 aromatic carbocycles. The molecule has 0 aliphatic carbocycles. The number of benzene rings is 1. The highest BCUT2D eigenvalue weighted by atomic mass is 16.5. The zero-order valence-corrected chi connectivity index (χ0v) is 10.8. The second kappa shape index (κ2) is 5.78. The van der Waals surface area contributed by atoms with Gasteiger partial charge in [0.15, 0.2) is 5.82 Å². The van der Waals surface area contributed by atoms with Crippen LogP contribution in [0.5, 0.6) is 0 Å².